The van der Waals surface area contributed by atoms with Gasteiger partial charge in [0.05, 0.1) is 21.4 Å². The van der Waals surface area contributed by atoms with Crippen molar-refractivity contribution in [2.75, 3.05) is 11.6 Å². The summed E-state index contributed by atoms with van der Waals surface area (Å²) < 4.78 is 42.7. The Labute approximate surface area is 229 Å². The molecular formula is C30H32F2N4O2S. The van der Waals surface area contributed by atoms with Gasteiger partial charge in [0.1, 0.15) is 17.5 Å². The van der Waals surface area contributed by atoms with E-state index in [1.54, 1.807) is 18.5 Å². The predicted octanol–water partition coefficient (Wildman–Crippen LogP) is 5.48. The highest BCUT2D eigenvalue weighted by Crippen LogP contribution is 2.73. The minimum absolute atomic E-state index is 0.0286. The molecular weight excluding hydrogens is 518 g/mol. The number of hydrogen-bond acceptors (Lipinski definition) is 5. The first kappa shape index (κ1) is 27.1. The van der Waals surface area contributed by atoms with Crippen molar-refractivity contribution in [2.24, 2.45) is 7.05 Å². The van der Waals surface area contributed by atoms with Gasteiger partial charge in [0, 0.05) is 53.8 Å². The summed E-state index contributed by atoms with van der Waals surface area (Å²) in [5.41, 5.74) is 3.10. The molecule has 6 rings (SSSR count). The SMILES string of the molecule is Cc1ncc(C23CC(c4ccc([C@@H](C)Nc5ccc(F)cc5S(C)=O)cc(F)cc(C)c(=O)n4C)(C2)C3)cn1. The van der Waals surface area contributed by atoms with Gasteiger partial charge in [0.2, 0.25) is 0 Å². The molecule has 1 N–H and O–H groups in total. The highest BCUT2D eigenvalue weighted by molar-refractivity contribution is 7.84. The largest absolute Gasteiger partial charge is 0.378 e. The molecule has 0 radical (unpaired) electrons. The van der Waals surface area contributed by atoms with E-state index in [1.807, 2.05) is 38.4 Å². The summed E-state index contributed by atoms with van der Waals surface area (Å²) in [6, 6.07) is 10.1. The van der Waals surface area contributed by atoms with Crippen LogP contribution in [-0.4, -0.2) is 25.0 Å². The van der Waals surface area contributed by atoms with Crippen molar-refractivity contribution in [3.05, 3.63) is 105 Å². The lowest BCUT2D eigenvalue weighted by atomic mass is 9.33. The summed E-state index contributed by atoms with van der Waals surface area (Å²) in [5, 5.41) is 3.26. The van der Waals surface area contributed by atoms with Crippen LogP contribution in [0.1, 0.15) is 60.4 Å². The lowest BCUT2D eigenvalue weighted by Crippen LogP contribution is -2.68. The number of anilines is 1. The summed E-state index contributed by atoms with van der Waals surface area (Å²) in [6.45, 7) is 5.34. The van der Waals surface area contributed by atoms with Gasteiger partial charge in [-0.1, -0.05) is 6.07 Å². The van der Waals surface area contributed by atoms with Gasteiger partial charge in [-0.2, -0.15) is 0 Å². The van der Waals surface area contributed by atoms with E-state index in [2.05, 4.69) is 15.3 Å². The number of nitrogens with one attached hydrogen (secondary N) is 1. The summed E-state index contributed by atoms with van der Waals surface area (Å²) in [4.78, 5) is 22.3. The van der Waals surface area contributed by atoms with Gasteiger partial charge in [0.15, 0.2) is 0 Å². The predicted molar refractivity (Wildman–Crippen MR) is 149 cm³/mol. The number of rotatable bonds is 6. The molecule has 204 valence electrons. The second kappa shape index (κ2) is 9.93. The van der Waals surface area contributed by atoms with E-state index < -0.39 is 28.5 Å². The van der Waals surface area contributed by atoms with E-state index in [0.29, 0.717) is 21.7 Å². The van der Waals surface area contributed by atoms with Crippen molar-refractivity contribution in [1.29, 1.82) is 0 Å². The molecule has 0 amide bonds. The second-order valence-electron chi connectivity index (χ2n) is 11.0. The Balaban J connectivity index is 1.54. The molecule has 1 aromatic carbocycles. The molecule has 6 nitrogen and oxygen atoms in total. The molecule has 3 saturated carbocycles. The topological polar surface area (TPSA) is 76.9 Å². The van der Waals surface area contributed by atoms with Crippen LogP contribution in [0.4, 0.5) is 14.5 Å². The maximum atomic E-state index is 15.0. The fourth-order valence-electron chi connectivity index (χ4n) is 6.18. The number of benzene rings is 1. The van der Waals surface area contributed by atoms with Crippen LogP contribution in [0.2, 0.25) is 0 Å². The average molecular weight is 551 g/mol. The lowest BCUT2D eigenvalue weighted by molar-refractivity contribution is -0.0749. The van der Waals surface area contributed by atoms with Gasteiger partial charge >= 0.3 is 0 Å². The first-order valence-electron chi connectivity index (χ1n) is 12.9. The Morgan fingerprint density at radius 1 is 0.974 bits per heavy atom. The number of aromatic nitrogens is 3. The summed E-state index contributed by atoms with van der Waals surface area (Å²) in [5.74, 6) is -0.286. The van der Waals surface area contributed by atoms with Crippen LogP contribution in [-0.2, 0) is 28.7 Å². The first-order chi connectivity index (χ1) is 18.4. The Morgan fingerprint density at radius 3 is 2.28 bits per heavy atom. The maximum absolute atomic E-state index is 15.0. The Kier molecular flexibility index (Phi) is 6.91. The molecule has 2 aromatic heterocycles. The van der Waals surface area contributed by atoms with Crippen LogP contribution in [0, 0.1) is 25.5 Å². The Bertz CT molecular complexity index is 1580. The van der Waals surface area contributed by atoms with Gasteiger partial charge in [0.25, 0.3) is 5.56 Å². The van der Waals surface area contributed by atoms with Crippen LogP contribution in [0.15, 0.2) is 64.5 Å². The Morgan fingerprint density at radius 2 is 1.64 bits per heavy atom. The second-order valence-corrected chi connectivity index (χ2v) is 12.4. The third-order valence-corrected chi connectivity index (χ3v) is 9.15. The Hall–Kier alpha value is -3.46. The quantitative estimate of drug-likeness (QED) is 0.440. The van der Waals surface area contributed by atoms with E-state index >= 15 is 0 Å². The lowest BCUT2D eigenvalue weighted by Gasteiger charge is -2.71. The van der Waals surface area contributed by atoms with E-state index in [4.69, 9.17) is 0 Å². The van der Waals surface area contributed by atoms with Gasteiger partial charge in [-0.05, 0) is 87.6 Å². The number of hydrogen-bond donors (Lipinski definition) is 1. The van der Waals surface area contributed by atoms with Gasteiger partial charge in [-0.3, -0.25) is 9.00 Å². The monoisotopic (exact) mass is 550 g/mol. The van der Waals surface area contributed by atoms with Gasteiger partial charge < -0.3 is 9.88 Å². The molecule has 3 fully saturated rings. The van der Waals surface area contributed by atoms with Crippen molar-refractivity contribution < 1.29 is 13.0 Å². The van der Waals surface area contributed by atoms with E-state index in [9.17, 15) is 17.8 Å². The van der Waals surface area contributed by atoms with Crippen LogP contribution in [0.25, 0.3) is 0 Å². The normalized spacial score (nSPS) is 22.6. The van der Waals surface area contributed by atoms with Gasteiger partial charge in [-0.15, -0.1) is 0 Å². The molecule has 3 aliphatic rings. The van der Waals surface area contributed by atoms with Crippen LogP contribution >= 0.6 is 0 Å². The van der Waals surface area contributed by atoms with E-state index in [0.717, 1.165) is 36.3 Å². The van der Waals surface area contributed by atoms with Crippen LogP contribution in [0.5, 0.6) is 0 Å². The summed E-state index contributed by atoms with van der Waals surface area (Å²) >= 11 is 0. The van der Waals surface area contributed by atoms with E-state index in [1.165, 1.54) is 36.6 Å². The van der Waals surface area contributed by atoms with Crippen molar-refractivity contribution in [2.45, 2.75) is 61.8 Å². The zero-order chi connectivity index (χ0) is 28.1. The van der Waals surface area contributed by atoms with Crippen molar-refractivity contribution in [3.8, 4) is 0 Å². The first-order valence-corrected chi connectivity index (χ1v) is 14.4. The third kappa shape index (κ3) is 4.88. The molecule has 2 atom stereocenters. The minimum Gasteiger partial charge on any atom is -0.378 e. The zero-order valence-corrected chi connectivity index (χ0v) is 23.5. The molecule has 1 unspecified atom stereocenters. The summed E-state index contributed by atoms with van der Waals surface area (Å²) in [6.07, 6.45) is 7.96. The smallest absolute Gasteiger partial charge is 0.253 e. The zero-order valence-electron chi connectivity index (χ0n) is 22.7. The molecule has 3 aliphatic carbocycles. The summed E-state index contributed by atoms with van der Waals surface area (Å²) in [7, 11) is 0.326. The molecule has 0 aliphatic heterocycles. The average Bonchev–Trinajstić information content (AvgIpc) is 2.84. The van der Waals surface area contributed by atoms with Gasteiger partial charge in [-0.25, -0.2) is 18.7 Å². The third-order valence-electron chi connectivity index (χ3n) is 8.19. The molecule has 9 heteroatoms. The highest BCUT2D eigenvalue weighted by atomic mass is 32.2. The molecule has 3 aromatic rings. The number of nitrogens with zero attached hydrogens (tertiary/aromatic N) is 3. The van der Waals surface area contributed by atoms with Crippen molar-refractivity contribution >= 4 is 16.5 Å². The fraction of sp³-hybridized carbons (Fsp3) is 0.367. The molecule has 2 bridgehead atoms. The number of aryl methyl sites for hydroxylation is 2. The fourth-order valence-corrected chi connectivity index (χ4v) is 6.90. The van der Waals surface area contributed by atoms with E-state index in [-0.39, 0.29) is 16.4 Å². The molecule has 0 saturated heterocycles. The molecule has 39 heavy (non-hydrogen) atoms. The number of halogens is 2. The molecule has 0 spiro atoms. The van der Waals surface area contributed by atoms with Crippen molar-refractivity contribution in [3.63, 3.8) is 0 Å². The van der Waals surface area contributed by atoms with Crippen LogP contribution in [0.3, 0.4) is 0 Å². The molecule has 2 heterocycles. The van der Waals surface area contributed by atoms with Crippen LogP contribution < -0.4 is 10.9 Å². The minimum atomic E-state index is -1.42. The van der Waals surface area contributed by atoms with Crippen molar-refractivity contribution in [1.82, 2.24) is 14.5 Å². The highest BCUT2D eigenvalue weighted by Gasteiger charge is 2.69. The maximum Gasteiger partial charge on any atom is 0.253 e. The standard InChI is InChI=1S/C30H32F2N4O2S/c1-18-10-24(32)11-21(19(2)35-25-8-7-23(31)12-26(25)39(5)38)6-9-27(36(4)28(18)37)30-15-29(16-30,17-30)22-13-33-20(3)34-14-22/h6-14,19,35H,15-17H2,1-5H3/t19-,29?,30?,39?/m1/s1.